The maximum atomic E-state index is 15.2. The first-order valence-corrected chi connectivity index (χ1v) is 14.8. The van der Waals surface area contributed by atoms with Crippen LogP contribution in [-0.2, 0) is 36.9 Å². The summed E-state index contributed by atoms with van der Waals surface area (Å²) < 4.78 is 103. The smallest absolute Gasteiger partial charge is 0.382 e. The van der Waals surface area contributed by atoms with Gasteiger partial charge in [0.15, 0.2) is 11.5 Å². The van der Waals surface area contributed by atoms with Gasteiger partial charge in [-0.1, -0.05) is 24.8 Å². The molecular formula is C33H26F7N7O. The number of benzene rings is 2. The molecule has 3 atom stereocenters. The zero-order valence-electron chi connectivity index (χ0n) is 25.1. The SMILES string of the molecule is C=Cc1ccc(-c2cccc3c(N)nn(C)c23)c([C@H](Cc2cc(F)cc(F)c2)NC(=O)Cn2nc(C(F)(F)F)c3c2C(F)(F)[C@@H]2C[C@H]32)n1. The number of para-hydroxylation sites is 1. The summed E-state index contributed by atoms with van der Waals surface area (Å²) in [6, 6.07) is 10.2. The second kappa shape index (κ2) is 10.9. The van der Waals surface area contributed by atoms with Crippen molar-refractivity contribution in [1.29, 1.82) is 0 Å². The quantitative estimate of drug-likeness (QED) is 0.180. The van der Waals surface area contributed by atoms with Crippen molar-refractivity contribution < 1.29 is 35.5 Å². The Balaban J connectivity index is 1.33. The molecule has 0 unspecified atom stereocenters. The number of fused-ring (bicyclic) bond motifs is 4. The molecule has 0 radical (unpaired) electrons. The lowest BCUT2D eigenvalue weighted by Crippen LogP contribution is -2.35. The van der Waals surface area contributed by atoms with Gasteiger partial charge in [-0.25, -0.2) is 8.78 Å². The van der Waals surface area contributed by atoms with E-state index in [1.165, 1.54) is 6.08 Å². The standard InChI is InChI=1S/C33H26F7N7O/c1-3-18-7-8-19(20-5-4-6-21-28(20)46(2)45-31(21)41)27(42-18)24(11-15-9-16(34)12-17(35)10-15)43-25(48)14-47-30-26(29(44-47)33(38,39)40)22-13-23(22)32(30,36)37/h3-10,12,22-24H,1,11,13-14H2,2H3,(H2,41,45)(H,43,48)/t22-,23+,24-/m0/s1. The van der Waals surface area contributed by atoms with Gasteiger partial charge in [-0.15, -0.1) is 0 Å². The lowest BCUT2D eigenvalue weighted by Gasteiger charge is -2.23. The number of amides is 1. The van der Waals surface area contributed by atoms with Crippen molar-refractivity contribution in [3.05, 3.63) is 101 Å². The normalized spacial score (nSPS) is 18.4. The third-order valence-corrected chi connectivity index (χ3v) is 8.86. The molecule has 5 aromatic rings. The van der Waals surface area contributed by atoms with E-state index in [2.05, 4.69) is 27.1 Å². The molecule has 15 heteroatoms. The number of nitrogens with zero attached hydrogens (tertiary/aromatic N) is 5. The number of carbonyl (C=O) groups excluding carboxylic acids is 1. The predicted octanol–water partition coefficient (Wildman–Crippen LogP) is 6.66. The minimum atomic E-state index is -5.01. The molecule has 1 amide bonds. The van der Waals surface area contributed by atoms with Crippen molar-refractivity contribution in [2.45, 2.75) is 43.4 Å². The van der Waals surface area contributed by atoms with Crippen molar-refractivity contribution >= 4 is 28.7 Å². The third kappa shape index (κ3) is 5.17. The number of aromatic nitrogens is 5. The molecule has 8 nitrogen and oxygen atoms in total. The minimum Gasteiger partial charge on any atom is -0.382 e. The van der Waals surface area contributed by atoms with Crippen LogP contribution in [0.3, 0.4) is 0 Å². The van der Waals surface area contributed by atoms with Crippen LogP contribution >= 0.6 is 0 Å². The first kappa shape index (κ1) is 31.4. The lowest BCUT2D eigenvalue weighted by atomic mass is 9.93. The van der Waals surface area contributed by atoms with E-state index >= 15 is 8.78 Å². The molecule has 1 saturated carbocycles. The van der Waals surface area contributed by atoms with Gasteiger partial charge in [0.1, 0.15) is 23.9 Å². The van der Waals surface area contributed by atoms with Crippen LogP contribution in [-0.4, -0.2) is 30.5 Å². The number of nitrogen functional groups attached to an aromatic ring is 1. The fourth-order valence-corrected chi connectivity index (χ4v) is 6.83. The zero-order valence-corrected chi connectivity index (χ0v) is 25.1. The number of alkyl halides is 5. The summed E-state index contributed by atoms with van der Waals surface area (Å²) in [7, 11) is 1.68. The summed E-state index contributed by atoms with van der Waals surface area (Å²) >= 11 is 0. The van der Waals surface area contributed by atoms with Gasteiger partial charge in [-0.05, 0) is 54.7 Å². The molecule has 3 heterocycles. The topological polar surface area (TPSA) is 104 Å². The molecule has 2 aliphatic carbocycles. The van der Waals surface area contributed by atoms with Crippen LogP contribution in [0.4, 0.5) is 36.6 Å². The van der Waals surface area contributed by atoms with E-state index in [1.807, 2.05) is 0 Å². The Morgan fingerprint density at radius 2 is 1.85 bits per heavy atom. The number of pyridine rings is 1. The predicted molar refractivity (Wildman–Crippen MR) is 161 cm³/mol. The number of anilines is 1. The van der Waals surface area contributed by atoms with Gasteiger partial charge in [-0.3, -0.25) is 19.1 Å². The summed E-state index contributed by atoms with van der Waals surface area (Å²) in [5.74, 6) is -8.37. The van der Waals surface area contributed by atoms with E-state index in [9.17, 15) is 26.7 Å². The fraction of sp³-hybridized carbons (Fsp3) is 0.273. The molecule has 2 aromatic carbocycles. The Labute approximate surface area is 268 Å². The highest BCUT2D eigenvalue weighted by molar-refractivity contribution is 6.00. The minimum absolute atomic E-state index is 0.101. The van der Waals surface area contributed by atoms with Crippen molar-refractivity contribution in [3.8, 4) is 11.1 Å². The van der Waals surface area contributed by atoms with Gasteiger partial charge in [0.05, 0.1) is 22.9 Å². The van der Waals surface area contributed by atoms with Crippen LogP contribution in [0, 0.1) is 17.6 Å². The number of hydrogen-bond acceptors (Lipinski definition) is 5. The highest BCUT2D eigenvalue weighted by Crippen LogP contribution is 2.68. The lowest BCUT2D eigenvalue weighted by molar-refractivity contribution is -0.142. The molecule has 0 bridgehead atoms. The number of halogens is 7. The molecule has 3 aromatic heterocycles. The molecule has 0 spiro atoms. The molecular weight excluding hydrogens is 643 g/mol. The van der Waals surface area contributed by atoms with Crippen molar-refractivity contribution in [2.24, 2.45) is 13.0 Å². The Bertz CT molecular complexity index is 2110. The molecule has 7 rings (SSSR count). The number of carbonyl (C=O) groups is 1. The van der Waals surface area contributed by atoms with Gasteiger partial charge in [-0.2, -0.15) is 32.1 Å². The second-order valence-corrected chi connectivity index (χ2v) is 12.0. The Hall–Kier alpha value is -5.21. The maximum Gasteiger partial charge on any atom is 0.435 e. The summed E-state index contributed by atoms with van der Waals surface area (Å²) in [5.41, 5.74) is 5.51. The van der Waals surface area contributed by atoms with E-state index in [0.717, 1.165) is 12.1 Å². The highest BCUT2D eigenvalue weighted by Gasteiger charge is 2.68. The summed E-state index contributed by atoms with van der Waals surface area (Å²) in [6.45, 7) is 2.77. The van der Waals surface area contributed by atoms with Crippen LogP contribution in [0.25, 0.3) is 28.1 Å². The number of nitrogens with two attached hydrogens (primary N) is 1. The number of hydrogen-bond donors (Lipinski definition) is 2. The fourth-order valence-electron chi connectivity index (χ4n) is 6.83. The summed E-state index contributed by atoms with van der Waals surface area (Å²) in [4.78, 5) is 18.3. The second-order valence-electron chi connectivity index (χ2n) is 12.0. The van der Waals surface area contributed by atoms with E-state index in [4.69, 9.17) is 5.73 Å². The molecule has 248 valence electrons. The first-order valence-electron chi connectivity index (χ1n) is 14.8. The Morgan fingerprint density at radius 3 is 2.54 bits per heavy atom. The Morgan fingerprint density at radius 1 is 1.12 bits per heavy atom. The monoisotopic (exact) mass is 669 g/mol. The first-order chi connectivity index (χ1) is 22.7. The largest absolute Gasteiger partial charge is 0.435 e. The van der Waals surface area contributed by atoms with Gasteiger partial charge >= 0.3 is 6.18 Å². The molecule has 0 saturated heterocycles. The zero-order chi connectivity index (χ0) is 34.3. The average molecular weight is 670 g/mol. The summed E-state index contributed by atoms with van der Waals surface area (Å²) in [5, 5.41) is 11.0. The van der Waals surface area contributed by atoms with E-state index < -0.39 is 71.0 Å². The number of nitrogens with one attached hydrogen (secondary N) is 1. The summed E-state index contributed by atoms with van der Waals surface area (Å²) in [6.07, 6.45) is -3.91. The van der Waals surface area contributed by atoms with Crippen LogP contribution < -0.4 is 11.1 Å². The van der Waals surface area contributed by atoms with E-state index in [1.54, 1.807) is 42.1 Å². The molecule has 2 aliphatic rings. The Kier molecular flexibility index (Phi) is 7.14. The van der Waals surface area contributed by atoms with Gasteiger partial charge in [0.2, 0.25) is 5.91 Å². The molecule has 1 fully saturated rings. The van der Waals surface area contributed by atoms with Gasteiger partial charge < -0.3 is 11.1 Å². The highest BCUT2D eigenvalue weighted by atomic mass is 19.4. The maximum absolute atomic E-state index is 15.2. The molecule has 3 N–H and O–H groups in total. The van der Waals surface area contributed by atoms with Crippen molar-refractivity contribution in [3.63, 3.8) is 0 Å². The van der Waals surface area contributed by atoms with Crippen LogP contribution in [0.1, 0.15) is 52.3 Å². The van der Waals surface area contributed by atoms with E-state index in [0.29, 0.717) is 38.5 Å². The van der Waals surface area contributed by atoms with E-state index in [-0.39, 0.29) is 29.9 Å². The molecule has 0 aliphatic heterocycles. The van der Waals surface area contributed by atoms with Gasteiger partial charge in [0, 0.05) is 41.1 Å². The number of aryl methyl sites for hydroxylation is 1. The van der Waals surface area contributed by atoms with Crippen LogP contribution in [0.5, 0.6) is 0 Å². The van der Waals surface area contributed by atoms with Crippen molar-refractivity contribution in [1.82, 2.24) is 29.9 Å². The molecule has 48 heavy (non-hydrogen) atoms. The van der Waals surface area contributed by atoms with Crippen molar-refractivity contribution in [2.75, 3.05) is 5.73 Å². The van der Waals surface area contributed by atoms with Gasteiger partial charge in [0.25, 0.3) is 5.92 Å². The van der Waals surface area contributed by atoms with Crippen LogP contribution in [0.2, 0.25) is 0 Å². The third-order valence-electron chi connectivity index (χ3n) is 8.86. The van der Waals surface area contributed by atoms with Crippen LogP contribution in [0.15, 0.2) is 55.1 Å². The number of rotatable bonds is 8. The average Bonchev–Trinajstić information content (AvgIpc) is 3.57.